The summed E-state index contributed by atoms with van der Waals surface area (Å²) < 4.78 is 0. The molecular weight excluding hydrogens is 228 g/mol. The summed E-state index contributed by atoms with van der Waals surface area (Å²) in [5.41, 5.74) is 1.37. The summed E-state index contributed by atoms with van der Waals surface area (Å²) in [7, 11) is 0. The number of benzene rings is 1. The van der Waals surface area contributed by atoms with Gasteiger partial charge in [0.2, 0.25) is 0 Å². The molecule has 0 spiro atoms. The number of rotatable bonds is 4. The van der Waals surface area contributed by atoms with Crippen LogP contribution in [0.3, 0.4) is 0 Å². The summed E-state index contributed by atoms with van der Waals surface area (Å²) >= 11 is 1.86. The number of amidine groups is 1. The molecule has 1 fully saturated rings. The largest absolute Gasteiger partial charge is 0.362 e. The van der Waals surface area contributed by atoms with E-state index >= 15 is 0 Å². The Bertz CT molecular complexity index is 362. The topological polar surface area (TPSA) is 24.4 Å². The smallest absolute Gasteiger partial charge is 0.156 e. The first-order chi connectivity index (χ1) is 8.38. The van der Waals surface area contributed by atoms with Gasteiger partial charge in [-0.1, -0.05) is 49.0 Å². The molecule has 2 rings (SSSR count). The van der Waals surface area contributed by atoms with Gasteiger partial charge in [-0.25, -0.2) is 0 Å². The second-order valence-corrected chi connectivity index (χ2v) is 5.39. The van der Waals surface area contributed by atoms with Crippen molar-refractivity contribution in [3.63, 3.8) is 0 Å². The third-order valence-corrected chi connectivity index (χ3v) is 3.98. The number of aliphatic imine (C=N–C) groups is 1. The van der Waals surface area contributed by atoms with Crippen molar-refractivity contribution in [1.82, 2.24) is 5.32 Å². The van der Waals surface area contributed by atoms with E-state index in [1.807, 2.05) is 11.8 Å². The highest BCUT2D eigenvalue weighted by Crippen LogP contribution is 2.15. The minimum absolute atomic E-state index is 0.631. The molecule has 92 valence electrons. The van der Waals surface area contributed by atoms with Gasteiger partial charge in [-0.15, -0.1) is 0 Å². The first-order valence-electron chi connectivity index (χ1n) is 6.36. The fourth-order valence-corrected chi connectivity index (χ4v) is 2.94. The van der Waals surface area contributed by atoms with E-state index in [1.165, 1.54) is 24.2 Å². The van der Waals surface area contributed by atoms with Gasteiger partial charge in [0.25, 0.3) is 0 Å². The molecule has 1 heterocycles. The predicted octanol–water partition coefficient (Wildman–Crippen LogP) is 3.09. The molecule has 0 amide bonds. The Morgan fingerprint density at radius 3 is 2.94 bits per heavy atom. The Morgan fingerprint density at radius 2 is 2.18 bits per heavy atom. The lowest BCUT2D eigenvalue weighted by molar-refractivity contribution is 0.570. The van der Waals surface area contributed by atoms with Gasteiger partial charge in [0, 0.05) is 18.3 Å². The van der Waals surface area contributed by atoms with Crippen molar-refractivity contribution in [2.45, 2.75) is 32.2 Å². The van der Waals surface area contributed by atoms with Crippen LogP contribution in [0, 0.1) is 0 Å². The minimum Gasteiger partial charge on any atom is -0.362 e. The molecule has 1 N–H and O–H groups in total. The number of hydrogen-bond donors (Lipinski definition) is 1. The summed E-state index contributed by atoms with van der Waals surface area (Å²) in [4.78, 5) is 4.65. The van der Waals surface area contributed by atoms with Crippen molar-refractivity contribution in [2.24, 2.45) is 4.99 Å². The minimum atomic E-state index is 0.631. The zero-order valence-corrected chi connectivity index (χ0v) is 11.2. The average Bonchev–Trinajstić information content (AvgIpc) is 2.40. The molecule has 1 atom stereocenters. The van der Waals surface area contributed by atoms with Gasteiger partial charge in [-0.2, -0.15) is 0 Å². The molecule has 17 heavy (non-hydrogen) atoms. The first kappa shape index (κ1) is 12.5. The van der Waals surface area contributed by atoms with Gasteiger partial charge in [0.05, 0.1) is 0 Å². The van der Waals surface area contributed by atoms with Crippen molar-refractivity contribution in [3.8, 4) is 0 Å². The maximum atomic E-state index is 4.65. The molecular formula is C14H20N2S. The van der Waals surface area contributed by atoms with E-state index in [9.17, 15) is 0 Å². The SMILES string of the molecule is CCC1CCSC(=NCCc2ccccc2)N1. The predicted molar refractivity (Wildman–Crippen MR) is 76.7 cm³/mol. The Morgan fingerprint density at radius 1 is 1.35 bits per heavy atom. The van der Waals surface area contributed by atoms with Crippen molar-refractivity contribution in [2.75, 3.05) is 12.3 Å². The highest BCUT2D eigenvalue weighted by atomic mass is 32.2. The summed E-state index contributed by atoms with van der Waals surface area (Å²) in [6, 6.07) is 11.2. The molecule has 0 bridgehead atoms. The zero-order valence-electron chi connectivity index (χ0n) is 10.4. The molecule has 1 aliphatic rings. The monoisotopic (exact) mass is 248 g/mol. The van der Waals surface area contributed by atoms with Gasteiger partial charge in [0.15, 0.2) is 5.17 Å². The van der Waals surface area contributed by atoms with Crippen molar-refractivity contribution >= 4 is 16.9 Å². The molecule has 1 aromatic rings. The molecule has 0 aliphatic carbocycles. The fraction of sp³-hybridized carbons (Fsp3) is 0.500. The summed E-state index contributed by atoms with van der Waals surface area (Å²) in [6.07, 6.45) is 3.49. The van der Waals surface area contributed by atoms with Crippen molar-refractivity contribution in [3.05, 3.63) is 35.9 Å². The molecule has 0 saturated carbocycles. The van der Waals surface area contributed by atoms with Crippen LogP contribution >= 0.6 is 11.8 Å². The Hall–Kier alpha value is -0.960. The second-order valence-electron chi connectivity index (χ2n) is 4.31. The molecule has 3 heteroatoms. The van der Waals surface area contributed by atoms with Crippen LogP contribution in [-0.4, -0.2) is 23.5 Å². The first-order valence-corrected chi connectivity index (χ1v) is 7.34. The fourth-order valence-electron chi connectivity index (χ4n) is 1.92. The van der Waals surface area contributed by atoms with Crippen LogP contribution in [0.4, 0.5) is 0 Å². The molecule has 1 aromatic carbocycles. The van der Waals surface area contributed by atoms with Gasteiger partial charge in [-0.05, 0) is 24.8 Å². The van der Waals surface area contributed by atoms with Crippen LogP contribution in [0.2, 0.25) is 0 Å². The number of thioether (sulfide) groups is 1. The van der Waals surface area contributed by atoms with E-state index in [2.05, 4.69) is 47.6 Å². The Labute approximate surface area is 108 Å². The molecule has 1 aliphatic heterocycles. The van der Waals surface area contributed by atoms with Gasteiger partial charge in [-0.3, -0.25) is 4.99 Å². The highest BCUT2D eigenvalue weighted by Gasteiger charge is 2.14. The average molecular weight is 248 g/mol. The van der Waals surface area contributed by atoms with Crippen LogP contribution in [0.15, 0.2) is 35.3 Å². The quantitative estimate of drug-likeness (QED) is 0.885. The Kier molecular flexibility index (Phi) is 4.92. The van der Waals surface area contributed by atoms with Crippen molar-refractivity contribution < 1.29 is 0 Å². The lowest BCUT2D eigenvalue weighted by atomic mass is 10.1. The zero-order chi connectivity index (χ0) is 11.9. The molecule has 0 aromatic heterocycles. The normalized spacial score (nSPS) is 22.4. The Balaban J connectivity index is 1.80. The molecule has 2 nitrogen and oxygen atoms in total. The summed E-state index contributed by atoms with van der Waals surface area (Å²) in [5, 5.41) is 4.64. The van der Waals surface area contributed by atoms with Crippen LogP contribution < -0.4 is 5.32 Å². The molecule has 0 radical (unpaired) electrons. The van der Waals surface area contributed by atoms with E-state index in [-0.39, 0.29) is 0 Å². The van der Waals surface area contributed by atoms with E-state index in [4.69, 9.17) is 0 Å². The summed E-state index contributed by atoms with van der Waals surface area (Å²) in [5.74, 6) is 1.20. The third kappa shape index (κ3) is 4.08. The van der Waals surface area contributed by atoms with Gasteiger partial charge in [0.1, 0.15) is 0 Å². The standard InChI is InChI=1S/C14H20N2S/c1-2-13-9-11-17-14(16-13)15-10-8-12-6-4-3-5-7-12/h3-7,13H,2,8-11H2,1H3,(H,15,16). The third-order valence-electron chi connectivity index (χ3n) is 3.02. The van der Waals surface area contributed by atoms with Crippen LogP contribution in [0.25, 0.3) is 0 Å². The molecule has 1 saturated heterocycles. The van der Waals surface area contributed by atoms with Crippen LogP contribution in [-0.2, 0) is 6.42 Å². The van der Waals surface area contributed by atoms with Crippen LogP contribution in [0.5, 0.6) is 0 Å². The second kappa shape index (κ2) is 6.70. The summed E-state index contributed by atoms with van der Waals surface area (Å²) in [6.45, 7) is 3.12. The van der Waals surface area contributed by atoms with E-state index in [0.717, 1.165) is 18.1 Å². The molecule has 1 unspecified atom stereocenters. The number of hydrogen-bond acceptors (Lipinski definition) is 2. The maximum Gasteiger partial charge on any atom is 0.156 e. The number of nitrogens with one attached hydrogen (secondary N) is 1. The highest BCUT2D eigenvalue weighted by molar-refractivity contribution is 8.13. The van der Waals surface area contributed by atoms with Gasteiger partial charge < -0.3 is 5.32 Å². The van der Waals surface area contributed by atoms with Crippen LogP contribution in [0.1, 0.15) is 25.3 Å². The number of nitrogens with zero attached hydrogens (tertiary/aromatic N) is 1. The lowest BCUT2D eigenvalue weighted by Crippen LogP contribution is -2.37. The van der Waals surface area contributed by atoms with E-state index < -0.39 is 0 Å². The van der Waals surface area contributed by atoms with Crippen molar-refractivity contribution in [1.29, 1.82) is 0 Å². The lowest BCUT2D eigenvalue weighted by Gasteiger charge is -2.24. The van der Waals surface area contributed by atoms with E-state index in [0.29, 0.717) is 6.04 Å². The van der Waals surface area contributed by atoms with Gasteiger partial charge >= 0.3 is 0 Å². The van der Waals surface area contributed by atoms with E-state index in [1.54, 1.807) is 0 Å². The maximum absolute atomic E-state index is 4.65.